The van der Waals surface area contributed by atoms with Crippen LogP contribution in [0.25, 0.3) is 0 Å². The van der Waals surface area contributed by atoms with E-state index in [-0.39, 0.29) is 11.6 Å². The van der Waals surface area contributed by atoms with Gasteiger partial charge in [-0.2, -0.15) is 0 Å². The molecule has 0 saturated heterocycles. The van der Waals surface area contributed by atoms with Gasteiger partial charge in [0.2, 0.25) is 5.90 Å². The van der Waals surface area contributed by atoms with Gasteiger partial charge in [-0.3, -0.25) is 0 Å². The fourth-order valence-corrected chi connectivity index (χ4v) is 1.45. The molecule has 0 bridgehead atoms. The molecule has 0 aliphatic carbocycles. The SMILES string of the molecule is CCOC1C=C(C(C)(C)C)C=CC(OC)=N1. The first-order valence-electron chi connectivity index (χ1n) is 5.61. The molecule has 0 aromatic rings. The first-order chi connectivity index (χ1) is 7.47. The van der Waals surface area contributed by atoms with E-state index in [0.717, 1.165) is 0 Å². The molecule has 1 atom stereocenters. The maximum Gasteiger partial charge on any atom is 0.211 e. The monoisotopic (exact) mass is 223 g/mol. The lowest BCUT2D eigenvalue weighted by Crippen LogP contribution is -2.13. The second-order valence-corrected chi connectivity index (χ2v) is 4.72. The molecule has 1 rings (SSSR count). The van der Waals surface area contributed by atoms with Crippen molar-refractivity contribution >= 4 is 5.90 Å². The molecule has 0 saturated carbocycles. The van der Waals surface area contributed by atoms with E-state index in [1.54, 1.807) is 7.11 Å². The van der Waals surface area contributed by atoms with Crippen LogP contribution in [0.4, 0.5) is 0 Å². The number of methoxy groups -OCH3 is 1. The van der Waals surface area contributed by atoms with E-state index < -0.39 is 0 Å². The number of allylic oxidation sites excluding steroid dienone is 2. The van der Waals surface area contributed by atoms with E-state index in [9.17, 15) is 0 Å². The van der Waals surface area contributed by atoms with Crippen LogP contribution in [0, 0.1) is 5.41 Å². The second kappa shape index (κ2) is 5.30. The summed E-state index contributed by atoms with van der Waals surface area (Å²) in [5, 5.41) is 0. The Morgan fingerprint density at radius 1 is 1.31 bits per heavy atom. The number of nitrogens with zero attached hydrogens (tertiary/aromatic N) is 1. The molecule has 0 aromatic heterocycles. The van der Waals surface area contributed by atoms with Crippen molar-refractivity contribution in [3.05, 3.63) is 23.8 Å². The smallest absolute Gasteiger partial charge is 0.211 e. The Hall–Kier alpha value is -1.09. The number of rotatable bonds is 2. The Morgan fingerprint density at radius 2 is 2.00 bits per heavy atom. The Labute approximate surface area is 97.9 Å². The van der Waals surface area contributed by atoms with Crippen molar-refractivity contribution in [3.8, 4) is 0 Å². The molecule has 0 fully saturated rings. The normalized spacial score (nSPS) is 21.2. The number of aliphatic imine (C=N–C) groups is 1. The number of ether oxygens (including phenoxy) is 2. The van der Waals surface area contributed by atoms with Crippen molar-refractivity contribution < 1.29 is 9.47 Å². The molecule has 0 N–H and O–H groups in total. The lowest BCUT2D eigenvalue weighted by atomic mass is 9.86. The molecule has 0 amide bonds. The minimum Gasteiger partial charge on any atom is -0.481 e. The topological polar surface area (TPSA) is 30.8 Å². The van der Waals surface area contributed by atoms with Gasteiger partial charge in [-0.25, -0.2) is 4.99 Å². The summed E-state index contributed by atoms with van der Waals surface area (Å²) in [5.41, 5.74) is 1.30. The zero-order valence-electron chi connectivity index (χ0n) is 10.8. The molecule has 3 nitrogen and oxygen atoms in total. The van der Waals surface area contributed by atoms with Crippen LogP contribution in [0.5, 0.6) is 0 Å². The average molecular weight is 223 g/mol. The van der Waals surface area contributed by atoms with E-state index in [1.807, 2.05) is 25.2 Å². The predicted molar refractivity (Wildman–Crippen MR) is 66.5 cm³/mol. The zero-order valence-corrected chi connectivity index (χ0v) is 10.8. The van der Waals surface area contributed by atoms with Gasteiger partial charge in [-0.1, -0.05) is 26.8 Å². The molecule has 1 aliphatic heterocycles. The molecule has 16 heavy (non-hydrogen) atoms. The third kappa shape index (κ3) is 3.49. The van der Waals surface area contributed by atoms with Crippen molar-refractivity contribution in [2.75, 3.05) is 13.7 Å². The van der Waals surface area contributed by atoms with Crippen LogP contribution in [0.3, 0.4) is 0 Å². The van der Waals surface area contributed by atoms with E-state index in [1.165, 1.54) is 5.57 Å². The molecule has 90 valence electrons. The maximum absolute atomic E-state index is 5.54. The lowest BCUT2D eigenvalue weighted by Gasteiger charge is -2.21. The lowest BCUT2D eigenvalue weighted by molar-refractivity contribution is 0.100. The van der Waals surface area contributed by atoms with Gasteiger partial charge in [0.15, 0.2) is 6.23 Å². The van der Waals surface area contributed by atoms with Crippen LogP contribution < -0.4 is 0 Å². The Morgan fingerprint density at radius 3 is 2.50 bits per heavy atom. The van der Waals surface area contributed by atoms with Crippen molar-refractivity contribution in [2.45, 2.75) is 33.9 Å². The van der Waals surface area contributed by atoms with E-state index in [4.69, 9.17) is 9.47 Å². The summed E-state index contributed by atoms with van der Waals surface area (Å²) in [4.78, 5) is 4.36. The second-order valence-electron chi connectivity index (χ2n) is 4.72. The highest BCUT2D eigenvalue weighted by Gasteiger charge is 2.19. The average Bonchev–Trinajstić information content (AvgIpc) is 2.40. The molecule has 0 spiro atoms. The third-order valence-corrected chi connectivity index (χ3v) is 2.39. The Kier molecular flexibility index (Phi) is 4.30. The van der Waals surface area contributed by atoms with Gasteiger partial charge >= 0.3 is 0 Å². The van der Waals surface area contributed by atoms with Crippen LogP contribution in [-0.4, -0.2) is 25.8 Å². The van der Waals surface area contributed by atoms with Crippen LogP contribution >= 0.6 is 0 Å². The van der Waals surface area contributed by atoms with Crippen LogP contribution in [-0.2, 0) is 9.47 Å². The van der Waals surface area contributed by atoms with Gasteiger partial charge in [-0.05, 0) is 24.0 Å². The summed E-state index contributed by atoms with van der Waals surface area (Å²) in [6.45, 7) is 9.11. The highest BCUT2D eigenvalue weighted by molar-refractivity contribution is 5.88. The predicted octanol–water partition coefficient (Wildman–Crippen LogP) is 2.94. The third-order valence-electron chi connectivity index (χ3n) is 2.39. The highest BCUT2D eigenvalue weighted by atomic mass is 16.5. The van der Waals surface area contributed by atoms with E-state index in [0.29, 0.717) is 12.5 Å². The van der Waals surface area contributed by atoms with Crippen molar-refractivity contribution in [1.82, 2.24) is 0 Å². The fourth-order valence-electron chi connectivity index (χ4n) is 1.45. The fraction of sp³-hybridized carbons (Fsp3) is 0.615. The number of hydrogen-bond donors (Lipinski definition) is 0. The Balaban J connectivity index is 2.97. The van der Waals surface area contributed by atoms with Crippen LogP contribution in [0.15, 0.2) is 28.8 Å². The van der Waals surface area contributed by atoms with Gasteiger partial charge in [0, 0.05) is 12.7 Å². The van der Waals surface area contributed by atoms with E-state index in [2.05, 4.69) is 25.8 Å². The van der Waals surface area contributed by atoms with Crippen LogP contribution in [0.1, 0.15) is 27.7 Å². The molecular weight excluding hydrogens is 202 g/mol. The largest absolute Gasteiger partial charge is 0.481 e. The molecule has 0 radical (unpaired) electrons. The summed E-state index contributed by atoms with van der Waals surface area (Å²) >= 11 is 0. The molecule has 1 aliphatic rings. The first kappa shape index (κ1) is 13.0. The van der Waals surface area contributed by atoms with Gasteiger partial charge in [0.25, 0.3) is 0 Å². The van der Waals surface area contributed by atoms with Gasteiger partial charge < -0.3 is 9.47 Å². The minimum absolute atomic E-state index is 0.0879. The van der Waals surface area contributed by atoms with Gasteiger partial charge in [0.05, 0.1) is 7.11 Å². The zero-order chi connectivity index (χ0) is 12.2. The first-order valence-corrected chi connectivity index (χ1v) is 5.61. The minimum atomic E-state index is -0.246. The molecule has 1 unspecified atom stereocenters. The maximum atomic E-state index is 5.54. The summed E-state index contributed by atoms with van der Waals surface area (Å²) < 4.78 is 10.7. The van der Waals surface area contributed by atoms with E-state index >= 15 is 0 Å². The highest BCUT2D eigenvalue weighted by Crippen LogP contribution is 2.28. The molecule has 1 heterocycles. The van der Waals surface area contributed by atoms with Crippen molar-refractivity contribution in [1.29, 1.82) is 0 Å². The Bertz CT molecular complexity index is 321. The van der Waals surface area contributed by atoms with Gasteiger partial charge in [0.1, 0.15) is 0 Å². The quantitative estimate of drug-likeness (QED) is 0.720. The summed E-state index contributed by atoms with van der Waals surface area (Å²) in [6.07, 6.45) is 5.73. The summed E-state index contributed by atoms with van der Waals surface area (Å²) in [5.74, 6) is 0.606. The molecule has 0 aromatic carbocycles. The molecule has 3 heteroatoms. The molecular formula is C13H21NO2. The number of hydrogen-bond acceptors (Lipinski definition) is 3. The summed E-state index contributed by atoms with van der Waals surface area (Å²) in [6, 6.07) is 0. The van der Waals surface area contributed by atoms with Gasteiger partial charge in [-0.15, -0.1) is 0 Å². The van der Waals surface area contributed by atoms with Crippen LogP contribution in [0.2, 0.25) is 0 Å². The van der Waals surface area contributed by atoms with Crippen molar-refractivity contribution in [3.63, 3.8) is 0 Å². The van der Waals surface area contributed by atoms with Crippen molar-refractivity contribution in [2.24, 2.45) is 10.4 Å². The summed E-state index contributed by atoms with van der Waals surface area (Å²) in [7, 11) is 1.62. The standard InChI is InChI=1S/C13H21NO2/c1-6-16-12-9-10(13(2,3)4)7-8-11(14-12)15-5/h7-9,12H,6H2,1-5H3.